The van der Waals surface area contributed by atoms with Gasteiger partial charge in [-0.3, -0.25) is 0 Å². The number of hydrogen-bond donors (Lipinski definition) is 0. The van der Waals surface area contributed by atoms with Crippen molar-refractivity contribution in [2.24, 2.45) is 0 Å². The smallest absolute Gasteiger partial charge is 0.257 e. The predicted octanol–water partition coefficient (Wildman–Crippen LogP) is 3.36. The second-order valence-electron chi connectivity index (χ2n) is 5.29. The lowest BCUT2D eigenvalue weighted by molar-refractivity contribution is 0.192. The van der Waals surface area contributed by atoms with Crippen LogP contribution in [-0.4, -0.2) is 23.4 Å². The van der Waals surface area contributed by atoms with Crippen molar-refractivity contribution in [2.75, 3.05) is 13.2 Å². The molecule has 0 radical (unpaired) electrons. The van der Waals surface area contributed by atoms with Crippen molar-refractivity contribution in [3.63, 3.8) is 0 Å². The number of rotatable bonds is 3. The zero-order valence-electron chi connectivity index (χ0n) is 11.3. The normalized spacial score (nSPS) is 19.2. The van der Waals surface area contributed by atoms with Gasteiger partial charge in [0.2, 0.25) is 0 Å². The average Bonchev–Trinajstić information content (AvgIpc) is 3.10. The van der Waals surface area contributed by atoms with E-state index in [4.69, 9.17) is 9.26 Å². The van der Waals surface area contributed by atoms with Crippen LogP contribution in [0.4, 0.5) is 0 Å². The lowest BCUT2D eigenvalue weighted by Gasteiger charge is -2.04. The minimum Gasteiger partial charge on any atom is -0.381 e. The molecule has 2 aromatic rings. The Labute approximate surface area is 112 Å². The molecule has 3 rings (SSSR count). The third-order valence-corrected chi connectivity index (χ3v) is 3.56. The summed E-state index contributed by atoms with van der Waals surface area (Å²) >= 11 is 0. The van der Waals surface area contributed by atoms with Gasteiger partial charge in [0, 0.05) is 18.1 Å². The van der Waals surface area contributed by atoms with Gasteiger partial charge in [-0.2, -0.15) is 4.98 Å². The van der Waals surface area contributed by atoms with Crippen LogP contribution >= 0.6 is 0 Å². The third kappa shape index (κ3) is 2.54. The summed E-state index contributed by atoms with van der Waals surface area (Å²) in [4.78, 5) is 4.48. The summed E-state index contributed by atoms with van der Waals surface area (Å²) in [5, 5.41) is 4.07. The molecule has 1 atom stereocenters. The standard InChI is InChI=1S/C15H18N2O2/c1-10(2)11-3-5-12(6-4-11)15-16-14(17-19-15)13-7-8-18-9-13/h3-6,10,13H,7-9H2,1-2H3/t13-/m1/s1. The van der Waals surface area contributed by atoms with E-state index in [0.717, 1.165) is 24.4 Å². The molecule has 0 bridgehead atoms. The number of hydrogen-bond acceptors (Lipinski definition) is 4. The molecule has 1 aromatic heterocycles. The zero-order valence-corrected chi connectivity index (χ0v) is 11.3. The van der Waals surface area contributed by atoms with Gasteiger partial charge in [0.15, 0.2) is 5.82 Å². The van der Waals surface area contributed by atoms with Gasteiger partial charge in [0.25, 0.3) is 5.89 Å². The lowest BCUT2D eigenvalue weighted by Crippen LogP contribution is -1.99. The zero-order chi connectivity index (χ0) is 13.2. The van der Waals surface area contributed by atoms with Crippen LogP contribution < -0.4 is 0 Å². The highest BCUT2D eigenvalue weighted by Gasteiger charge is 2.23. The van der Waals surface area contributed by atoms with Crippen molar-refractivity contribution in [3.05, 3.63) is 35.7 Å². The van der Waals surface area contributed by atoms with E-state index in [2.05, 4.69) is 36.1 Å². The summed E-state index contributed by atoms with van der Waals surface area (Å²) in [7, 11) is 0. The Morgan fingerprint density at radius 3 is 2.63 bits per heavy atom. The molecule has 1 saturated heterocycles. The Bertz CT molecular complexity index is 540. The van der Waals surface area contributed by atoms with Crippen molar-refractivity contribution in [3.8, 4) is 11.5 Å². The van der Waals surface area contributed by atoms with Crippen LogP contribution in [0, 0.1) is 0 Å². The minimum atomic E-state index is 0.285. The Hall–Kier alpha value is -1.68. The molecule has 1 aromatic carbocycles. The van der Waals surface area contributed by atoms with Gasteiger partial charge >= 0.3 is 0 Å². The molecule has 1 fully saturated rings. The molecule has 4 nitrogen and oxygen atoms in total. The van der Waals surface area contributed by atoms with E-state index in [0.29, 0.717) is 18.4 Å². The monoisotopic (exact) mass is 258 g/mol. The van der Waals surface area contributed by atoms with E-state index in [-0.39, 0.29) is 5.92 Å². The molecule has 0 N–H and O–H groups in total. The van der Waals surface area contributed by atoms with Crippen LogP contribution in [0.1, 0.15) is 43.5 Å². The largest absolute Gasteiger partial charge is 0.381 e. The summed E-state index contributed by atoms with van der Waals surface area (Å²) in [5.41, 5.74) is 2.29. The van der Waals surface area contributed by atoms with Crippen LogP contribution in [0.25, 0.3) is 11.5 Å². The van der Waals surface area contributed by atoms with E-state index in [9.17, 15) is 0 Å². The fraction of sp³-hybridized carbons (Fsp3) is 0.467. The van der Waals surface area contributed by atoms with Crippen LogP contribution in [-0.2, 0) is 4.74 Å². The van der Waals surface area contributed by atoms with Gasteiger partial charge in [-0.25, -0.2) is 0 Å². The highest BCUT2D eigenvalue weighted by Crippen LogP contribution is 2.26. The van der Waals surface area contributed by atoms with Crippen molar-refractivity contribution in [2.45, 2.75) is 32.1 Å². The first-order valence-corrected chi connectivity index (χ1v) is 6.75. The molecule has 0 amide bonds. The van der Waals surface area contributed by atoms with E-state index in [1.807, 2.05) is 12.1 Å². The topological polar surface area (TPSA) is 48.2 Å². The van der Waals surface area contributed by atoms with E-state index in [1.54, 1.807) is 0 Å². The number of benzene rings is 1. The highest BCUT2D eigenvalue weighted by molar-refractivity contribution is 5.53. The highest BCUT2D eigenvalue weighted by atomic mass is 16.5. The van der Waals surface area contributed by atoms with Crippen LogP contribution in [0.5, 0.6) is 0 Å². The van der Waals surface area contributed by atoms with E-state index in [1.165, 1.54) is 5.56 Å². The van der Waals surface area contributed by atoms with Crippen LogP contribution in [0.2, 0.25) is 0 Å². The SMILES string of the molecule is CC(C)c1ccc(-c2nc([C@@H]3CCOC3)no2)cc1. The molecule has 0 unspecified atom stereocenters. The molecule has 100 valence electrons. The van der Waals surface area contributed by atoms with Crippen LogP contribution in [0.15, 0.2) is 28.8 Å². The molecule has 2 heterocycles. The molecule has 4 heteroatoms. The maximum atomic E-state index is 5.35. The summed E-state index contributed by atoms with van der Waals surface area (Å²) < 4.78 is 10.7. The van der Waals surface area contributed by atoms with Crippen molar-refractivity contribution >= 4 is 0 Å². The molecule has 1 aliphatic heterocycles. The van der Waals surface area contributed by atoms with Gasteiger partial charge in [-0.05, 0) is 30.0 Å². The fourth-order valence-electron chi connectivity index (χ4n) is 2.27. The van der Waals surface area contributed by atoms with E-state index < -0.39 is 0 Å². The minimum absolute atomic E-state index is 0.285. The Balaban J connectivity index is 1.81. The number of aromatic nitrogens is 2. The van der Waals surface area contributed by atoms with Gasteiger partial charge in [0.05, 0.1) is 6.61 Å². The second kappa shape index (κ2) is 5.13. The third-order valence-electron chi connectivity index (χ3n) is 3.56. The van der Waals surface area contributed by atoms with Crippen LogP contribution in [0.3, 0.4) is 0 Å². The lowest BCUT2D eigenvalue weighted by atomic mass is 10.0. The molecule has 19 heavy (non-hydrogen) atoms. The summed E-state index contributed by atoms with van der Waals surface area (Å²) in [6.07, 6.45) is 0.977. The quantitative estimate of drug-likeness (QED) is 0.847. The Morgan fingerprint density at radius 2 is 2.00 bits per heavy atom. The number of ether oxygens (including phenoxy) is 1. The van der Waals surface area contributed by atoms with Gasteiger partial charge in [0.1, 0.15) is 0 Å². The molecular formula is C15H18N2O2. The molecule has 0 saturated carbocycles. The summed E-state index contributed by atoms with van der Waals surface area (Å²) in [6.45, 7) is 5.85. The fourth-order valence-corrected chi connectivity index (χ4v) is 2.27. The molecule has 0 aliphatic carbocycles. The van der Waals surface area contributed by atoms with Crippen molar-refractivity contribution < 1.29 is 9.26 Å². The molecular weight excluding hydrogens is 240 g/mol. The second-order valence-corrected chi connectivity index (χ2v) is 5.29. The Kier molecular flexibility index (Phi) is 3.34. The van der Waals surface area contributed by atoms with Crippen molar-refractivity contribution in [1.29, 1.82) is 0 Å². The first kappa shape index (κ1) is 12.4. The maximum absolute atomic E-state index is 5.35. The first-order valence-electron chi connectivity index (χ1n) is 6.75. The van der Waals surface area contributed by atoms with Gasteiger partial charge in [-0.1, -0.05) is 31.1 Å². The predicted molar refractivity (Wildman–Crippen MR) is 72.0 cm³/mol. The average molecular weight is 258 g/mol. The molecule has 1 aliphatic rings. The van der Waals surface area contributed by atoms with E-state index >= 15 is 0 Å². The Morgan fingerprint density at radius 1 is 1.21 bits per heavy atom. The van der Waals surface area contributed by atoms with Gasteiger partial charge in [-0.15, -0.1) is 0 Å². The van der Waals surface area contributed by atoms with Crippen molar-refractivity contribution in [1.82, 2.24) is 10.1 Å². The first-order chi connectivity index (χ1) is 9.24. The summed E-state index contributed by atoms with van der Waals surface area (Å²) in [6, 6.07) is 8.31. The summed E-state index contributed by atoms with van der Waals surface area (Å²) in [5.74, 6) is 2.17. The maximum Gasteiger partial charge on any atom is 0.257 e. The molecule has 0 spiro atoms. The van der Waals surface area contributed by atoms with Gasteiger partial charge < -0.3 is 9.26 Å². The number of nitrogens with zero attached hydrogens (tertiary/aromatic N) is 2.